The molecule has 0 amide bonds. The van der Waals surface area contributed by atoms with Crippen molar-refractivity contribution in [3.05, 3.63) is 40.3 Å². The molecule has 0 atom stereocenters. The topological polar surface area (TPSA) is 71.1 Å². The Labute approximate surface area is 123 Å². The van der Waals surface area contributed by atoms with E-state index in [1.54, 1.807) is 42.5 Å². The molecule has 0 aliphatic rings. The molecule has 2 rings (SSSR count). The number of aromatic nitrogens is 1. The van der Waals surface area contributed by atoms with Crippen molar-refractivity contribution in [2.75, 3.05) is 11.9 Å². The van der Waals surface area contributed by atoms with Gasteiger partial charge in [0.25, 0.3) is 0 Å². The van der Waals surface area contributed by atoms with Crippen molar-refractivity contribution in [3.8, 4) is 0 Å². The van der Waals surface area contributed by atoms with Crippen LogP contribution in [-0.4, -0.2) is 19.9 Å². The lowest BCUT2D eigenvalue weighted by Crippen LogP contribution is -2.24. The summed E-state index contributed by atoms with van der Waals surface area (Å²) >= 11 is 1.58. The quantitative estimate of drug-likeness (QED) is 0.859. The van der Waals surface area contributed by atoms with Gasteiger partial charge in [0.2, 0.25) is 10.0 Å². The molecular weight excluding hydrogens is 294 g/mol. The van der Waals surface area contributed by atoms with Gasteiger partial charge < -0.3 is 5.32 Å². The first-order chi connectivity index (χ1) is 9.53. The number of sulfonamides is 1. The normalized spacial score (nSPS) is 11.5. The molecule has 2 N–H and O–H groups in total. The first-order valence-corrected chi connectivity index (χ1v) is 8.63. The van der Waals surface area contributed by atoms with E-state index in [1.807, 2.05) is 12.3 Å². The third kappa shape index (κ3) is 3.56. The van der Waals surface area contributed by atoms with Crippen LogP contribution in [0, 0.1) is 6.92 Å². The maximum Gasteiger partial charge on any atom is 0.242 e. The minimum absolute atomic E-state index is 0.258. The van der Waals surface area contributed by atoms with Crippen molar-refractivity contribution in [3.63, 3.8) is 0 Å². The zero-order chi connectivity index (χ0) is 14.6. The Bertz CT molecular complexity index is 680. The van der Waals surface area contributed by atoms with E-state index in [4.69, 9.17) is 0 Å². The number of rotatable bonds is 6. The van der Waals surface area contributed by atoms with Gasteiger partial charge in [-0.05, 0) is 19.1 Å². The second-order valence-electron chi connectivity index (χ2n) is 4.21. The standard InChI is InChI=1S/C13H17N3O2S2/c1-3-15-20(17,18)13-7-5-4-6-12(13)14-8-11-9-19-10(2)16-11/h4-7,9,14-15H,3,8H2,1-2H3. The second kappa shape index (κ2) is 6.34. The summed E-state index contributed by atoms with van der Waals surface area (Å²) in [6.45, 7) is 4.56. The third-order valence-corrected chi connectivity index (χ3v) is 5.06. The minimum Gasteiger partial charge on any atom is -0.378 e. The fourth-order valence-corrected chi connectivity index (χ4v) is 3.63. The highest BCUT2D eigenvalue weighted by Crippen LogP contribution is 2.21. The van der Waals surface area contributed by atoms with E-state index in [1.165, 1.54) is 0 Å². The van der Waals surface area contributed by atoms with Crippen LogP contribution in [0.25, 0.3) is 0 Å². The Hall–Kier alpha value is -1.44. The van der Waals surface area contributed by atoms with Crippen molar-refractivity contribution in [1.82, 2.24) is 9.71 Å². The molecular formula is C13H17N3O2S2. The van der Waals surface area contributed by atoms with Gasteiger partial charge in [-0.25, -0.2) is 18.1 Å². The van der Waals surface area contributed by atoms with Gasteiger partial charge >= 0.3 is 0 Å². The first kappa shape index (κ1) is 15.0. The van der Waals surface area contributed by atoms with E-state index in [9.17, 15) is 8.42 Å². The zero-order valence-electron chi connectivity index (χ0n) is 11.4. The van der Waals surface area contributed by atoms with Gasteiger partial charge in [0.05, 0.1) is 22.9 Å². The number of nitrogens with one attached hydrogen (secondary N) is 2. The molecule has 2 aromatic rings. The molecule has 0 bridgehead atoms. The van der Waals surface area contributed by atoms with E-state index in [0.29, 0.717) is 18.8 Å². The fraction of sp³-hybridized carbons (Fsp3) is 0.308. The van der Waals surface area contributed by atoms with E-state index in [-0.39, 0.29) is 4.90 Å². The average Bonchev–Trinajstić information content (AvgIpc) is 2.82. The smallest absolute Gasteiger partial charge is 0.242 e. The lowest BCUT2D eigenvalue weighted by Gasteiger charge is -2.11. The van der Waals surface area contributed by atoms with Crippen molar-refractivity contribution in [1.29, 1.82) is 0 Å². The molecule has 1 aromatic carbocycles. The van der Waals surface area contributed by atoms with Crippen LogP contribution in [0.4, 0.5) is 5.69 Å². The molecule has 0 spiro atoms. The summed E-state index contributed by atoms with van der Waals surface area (Å²) in [5.74, 6) is 0. The molecule has 0 aliphatic carbocycles. The minimum atomic E-state index is -3.47. The van der Waals surface area contributed by atoms with Crippen LogP contribution in [0.1, 0.15) is 17.6 Å². The van der Waals surface area contributed by atoms with Crippen molar-refractivity contribution < 1.29 is 8.42 Å². The van der Waals surface area contributed by atoms with Crippen molar-refractivity contribution in [2.45, 2.75) is 25.3 Å². The van der Waals surface area contributed by atoms with Gasteiger partial charge in [-0.1, -0.05) is 19.1 Å². The summed E-state index contributed by atoms with van der Waals surface area (Å²) in [5, 5.41) is 6.09. The average molecular weight is 311 g/mol. The van der Waals surface area contributed by atoms with Gasteiger partial charge in [-0.3, -0.25) is 0 Å². The maximum atomic E-state index is 12.1. The number of aryl methyl sites for hydroxylation is 1. The molecule has 0 unspecified atom stereocenters. The SMILES string of the molecule is CCNS(=O)(=O)c1ccccc1NCc1csc(C)n1. The Morgan fingerprint density at radius 1 is 1.30 bits per heavy atom. The second-order valence-corrected chi connectivity index (χ2v) is 7.01. The van der Waals surface area contributed by atoms with Crippen LogP contribution in [0.3, 0.4) is 0 Å². The highest BCUT2D eigenvalue weighted by atomic mass is 32.2. The molecule has 5 nitrogen and oxygen atoms in total. The van der Waals surface area contributed by atoms with Gasteiger partial charge in [0.15, 0.2) is 0 Å². The maximum absolute atomic E-state index is 12.1. The lowest BCUT2D eigenvalue weighted by molar-refractivity contribution is 0.584. The zero-order valence-corrected chi connectivity index (χ0v) is 13.0. The Morgan fingerprint density at radius 2 is 2.05 bits per heavy atom. The molecule has 1 heterocycles. The molecule has 0 radical (unpaired) electrons. The number of nitrogens with zero attached hydrogens (tertiary/aromatic N) is 1. The van der Waals surface area contributed by atoms with Crippen LogP contribution in [0.5, 0.6) is 0 Å². The molecule has 20 heavy (non-hydrogen) atoms. The van der Waals surface area contributed by atoms with E-state index >= 15 is 0 Å². The predicted molar refractivity (Wildman–Crippen MR) is 81.5 cm³/mol. The van der Waals surface area contributed by atoms with E-state index in [0.717, 1.165) is 10.7 Å². The molecule has 0 fully saturated rings. The number of thiazole rings is 1. The third-order valence-electron chi connectivity index (χ3n) is 2.64. The van der Waals surface area contributed by atoms with Crippen molar-refractivity contribution in [2.24, 2.45) is 0 Å². The number of benzene rings is 1. The summed E-state index contributed by atoms with van der Waals surface area (Å²) in [5.41, 5.74) is 1.49. The summed E-state index contributed by atoms with van der Waals surface area (Å²) < 4.78 is 26.7. The highest BCUT2D eigenvalue weighted by molar-refractivity contribution is 7.89. The van der Waals surface area contributed by atoms with Crippen LogP contribution in [0.15, 0.2) is 34.5 Å². The molecule has 1 aromatic heterocycles. The van der Waals surface area contributed by atoms with Crippen LogP contribution < -0.4 is 10.0 Å². The molecule has 7 heteroatoms. The van der Waals surface area contributed by atoms with Crippen LogP contribution in [0.2, 0.25) is 0 Å². The van der Waals surface area contributed by atoms with E-state index < -0.39 is 10.0 Å². The Balaban J connectivity index is 2.20. The van der Waals surface area contributed by atoms with E-state index in [2.05, 4.69) is 15.0 Å². The monoisotopic (exact) mass is 311 g/mol. The summed E-state index contributed by atoms with van der Waals surface area (Å²) in [4.78, 5) is 4.60. The van der Waals surface area contributed by atoms with Gasteiger partial charge in [0, 0.05) is 11.9 Å². The van der Waals surface area contributed by atoms with Gasteiger partial charge in [0.1, 0.15) is 4.90 Å². The number of anilines is 1. The number of para-hydroxylation sites is 1. The summed E-state index contributed by atoms with van der Waals surface area (Å²) in [7, 11) is -3.47. The summed E-state index contributed by atoms with van der Waals surface area (Å²) in [6, 6.07) is 6.86. The molecule has 0 saturated carbocycles. The molecule has 108 valence electrons. The fourth-order valence-electron chi connectivity index (χ4n) is 1.79. The van der Waals surface area contributed by atoms with Crippen LogP contribution in [-0.2, 0) is 16.6 Å². The Kier molecular flexibility index (Phi) is 4.74. The van der Waals surface area contributed by atoms with Gasteiger partial charge in [-0.15, -0.1) is 11.3 Å². The number of hydrogen-bond donors (Lipinski definition) is 2. The Morgan fingerprint density at radius 3 is 2.70 bits per heavy atom. The lowest BCUT2D eigenvalue weighted by atomic mass is 10.3. The predicted octanol–water partition coefficient (Wildman–Crippen LogP) is 2.36. The summed E-state index contributed by atoms with van der Waals surface area (Å²) in [6.07, 6.45) is 0. The molecule has 0 aliphatic heterocycles. The molecule has 0 saturated heterocycles. The largest absolute Gasteiger partial charge is 0.378 e. The van der Waals surface area contributed by atoms with Crippen LogP contribution >= 0.6 is 11.3 Å². The van der Waals surface area contributed by atoms with Crippen molar-refractivity contribution >= 4 is 27.0 Å². The highest BCUT2D eigenvalue weighted by Gasteiger charge is 2.16. The van der Waals surface area contributed by atoms with Gasteiger partial charge in [-0.2, -0.15) is 0 Å². The number of hydrogen-bond acceptors (Lipinski definition) is 5. The first-order valence-electron chi connectivity index (χ1n) is 6.26.